The first-order chi connectivity index (χ1) is 13.6. The van der Waals surface area contributed by atoms with Crippen molar-refractivity contribution in [1.82, 2.24) is 30.0 Å². The number of carbonyl (C=O) groups is 1. The SMILES string of the molecule is CCNC(=O)N1CCC2(CCCn3nc(-c4cnc5[nH]cc(C)c5c4)cc32)C1. The van der Waals surface area contributed by atoms with Crippen molar-refractivity contribution in [3.05, 3.63) is 35.8 Å². The van der Waals surface area contributed by atoms with Crippen molar-refractivity contribution in [3.63, 3.8) is 0 Å². The summed E-state index contributed by atoms with van der Waals surface area (Å²) in [5, 5.41) is 8.99. The second kappa shape index (κ2) is 6.36. The number of amides is 2. The molecule has 7 heteroatoms. The highest BCUT2D eigenvalue weighted by Gasteiger charge is 2.45. The van der Waals surface area contributed by atoms with Crippen LogP contribution < -0.4 is 5.32 Å². The first-order valence-electron chi connectivity index (χ1n) is 10.1. The zero-order chi connectivity index (χ0) is 19.3. The number of pyridine rings is 1. The number of fused-ring (bicyclic) bond motifs is 3. The molecule has 5 heterocycles. The van der Waals surface area contributed by atoms with Gasteiger partial charge < -0.3 is 15.2 Å². The van der Waals surface area contributed by atoms with Crippen LogP contribution in [0.15, 0.2) is 24.5 Å². The van der Waals surface area contributed by atoms with E-state index in [0.29, 0.717) is 6.54 Å². The number of carbonyl (C=O) groups excluding carboxylic acids is 1. The summed E-state index contributed by atoms with van der Waals surface area (Å²) in [5.74, 6) is 0. The van der Waals surface area contributed by atoms with Gasteiger partial charge in [0, 0.05) is 60.6 Å². The van der Waals surface area contributed by atoms with Gasteiger partial charge in [-0.3, -0.25) is 4.68 Å². The standard InChI is InChI=1S/C21H26N6O/c1-3-22-20(28)26-8-6-21(13-26)5-4-7-27-18(21)10-17(25-27)15-9-16-14(2)11-23-19(16)24-12-15/h9-12H,3-8,13H2,1-2H3,(H,22,28)(H,23,24). The number of urea groups is 1. The normalized spacial score (nSPS) is 21.4. The number of likely N-dealkylation sites (tertiary alicyclic amines) is 1. The van der Waals surface area contributed by atoms with E-state index in [-0.39, 0.29) is 11.4 Å². The van der Waals surface area contributed by atoms with Crippen molar-refractivity contribution in [2.75, 3.05) is 19.6 Å². The number of hydrogen-bond acceptors (Lipinski definition) is 3. The molecule has 0 aliphatic carbocycles. The number of H-pyrrole nitrogens is 1. The van der Waals surface area contributed by atoms with Crippen LogP contribution >= 0.6 is 0 Å². The van der Waals surface area contributed by atoms with Crippen LogP contribution in [0, 0.1) is 6.92 Å². The van der Waals surface area contributed by atoms with Crippen LogP contribution in [0.2, 0.25) is 0 Å². The Bertz CT molecular complexity index is 1050. The molecule has 7 nitrogen and oxygen atoms in total. The Kier molecular flexibility index (Phi) is 3.92. The third-order valence-corrected chi connectivity index (χ3v) is 6.35. The van der Waals surface area contributed by atoms with Crippen LogP contribution in [-0.2, 0) is 12.0 Å². The average molecular weight is 378 g/mol. The third kappa shape index (κ3) is 2.60. The fourth-order valence-corrected chi connectivity index (χ4v) is 4.85. The molecule has 28 heavy (non-hydrogen) atoms. The predicted molar refractivity (Wildman–Crippen MR) is 108 cm³/mol. The lowest BCUT2D eigenvalue weighted by atomic mass is 9.77. The van der Waals surface area contributed by atoms with E-state index in [9.17, 15) is 4.79 Å². The molecule has 5 rings (SSSR count). The maximum atomic E-state index is 12.3. The monoisotopic (exact) mass is 378 g/mol. The van der Waals surface area contributed by atoms with Gasteiger partial charge in [0.05, 0.1) is 5.69 Å². The van der Waals surface area contributed by atoms with E-state index in [4.69, 9.17) is 5.10 Å². The van der Waals surface area contributed by atoms with Gasteiger partial charge in [-0.05, 0) is 50.8 Å². The summed E-state index contributed by atoms with van der Waals surface area (Å²) in [4.78, 5) is 22.0. The number of nitrogens with one attached hydrogen (secondary N) is 2. The van der Waals surface area contributed by atoms with Crippen LogP contribution in [0.4, 0.5) is 4.79 Å². The second-order valence-electron chi connectivity index (χ2n) is 8.12. The smallest absolute Gasteiger partial charge is 0.317 e. The van der Waals surface area contributed by atoms with Crippen molar-refractivity contribution < 1.29 is 4.79 Å². The topological polar surface area (TPSA) is 78.8 Å². The summed E-state index contributed by atoms with van der Waals surface area (Å²) < 4.78 is 2.16. The minimum Gasteiger partial charge on any atom is -0.346 e. The van der Waals surface area contributed by atoms with Gasteiger partial charge in [-0.25, -0.2) is 9.78 Å². The Morgan fingerprint density at radius 1 is 1.32 bits per heavy atom. The van der Waals surface area contributed by atoms with Gasteiger partial charge in [0.1, 0.15) is 5.65 Å². The highest BCUT2D eigenvalue weighted by atomic mass is 16.2. The van der Waals surface area contributed by atoms with Crippen molar-refractivity contribution in [2.24, 2.45) is 0 Å². The number of nitrogens with zero attached hydrogens (tertiary/aromatic N) is 4. The van der Waals surface area contributed by atoms with Gasteiger partial charge >= 0.3 is 6.03 Å². The fourth-order valence-electron chi connectivity index (χ4n) is 4.85. The van der Waals surface area contributed by atoms with E-state index in [1.54, 1.807) is 0 Å². The summed E-state index contributed by atoms with van der Waals surface area (Å²) in [6.45, 7) is 7.24. The molecular formula is C21H26N6O. The van der Waals surface area contributed by atoms with Crippen LogP contribution in [0.5, 0.6) is 0 Å². The largest absolute Gasteiger partial charge is 0.346 e. The number of aromatic amines is 1. The maximum absolute atomic E-state index is 12.3. The lowest BCUT2D eigenvalue weighted by Gasteiger charge is -2.34. The van der Waals surface area contributed by atoms with Gasteiger partial charge in [-0.2, -0.15) is 5.10 Å². The maximum Gasteiger partial charge on any atom is 0.317 e. The van der Waals surface area contributed by atoms with E-state index < -0.39 is 0 Å². The Hall–Kier alpha value is -2.83. The second-order valence-corrected chi connectivity index (χ2v) is 8.12. The minimum absolute atomic E-state index is 0.0239. The van der Waals surface area contributed by atoms with Crippen molar-refractivity contribution in [2.45, 2.75) is 45.1 Å². The summed E-state index contributed by atoms with van der Waals surface area (Å²) in [6.07, 6.45) is 7.11. The first kappa shape index (κ1) is 17.3. The van der Waals surface area contributed by atoms with Gasteiger partial charge in [-0.15, -0.1) is 0 Å². The van der Waals surface area contributed by atoms with Gasteiger partial charge in [0.2, 0.25) is 0 Å². The van der Waals surface area contributed by atoms with E-state index in [0.717, 1.165) is 61.2 Å². The molecular weight excluding hydrogens is 352 g/mol. The average Bonchev–Trinajstić information content (AvgIpc) is 3.41. The summed E-state index contributed by atoms with van der Waals surface area (Å²) in [6, 6.07) is 4.45. The molecule has 0 bridgehead atoms. The molecule has 1 unspecified atom stereocenters. The van der Waals surface area contributed by atoms with Crippen molar-refractivity contribution >= 4 is 17.1 Å². The molecule has 0 radical (unpaired) electrons. The zero-order valence-electron chi connectivity index (χ0n) is 16.5. The van der Waals surface area contributed by atoms with E-state index in [2.05, 4.69) is 39.0 Å². The van der Waals surface area contributed by atoms with E-state index in [1.165, 1.54) is 11.3 Å². The molecule has 146 valence electrons. The van der Waals surface area contributed by atoms with Gasteiger partial charge in [0.15, 0.2) is 0 Å². The number of rotatable bonds is 2. The molecule has 2 aliphatic heterocycles. The Morgan fingerprint density at radius 3 is 3.07 bits per heavy atom. The molecule has 1 saturated heterocycles. The lowest BCUT2D eigenvalue weighted by Crippen LogP contribution is -2.42. The summed E-state index contributed by atoms with van der Waals surface area (Å²) in [5.41, 5.74) is 5.42. The molecule has 0 saturated carbocycles. The molecule has 0 aromatic carbocycles. The highest BCUT2D eigenvalue weighted by Crippen LogP contribution is 2.43. The minimum atomic E-state index is 0.0239. The van der Waals surface area contributed by atoms with Crippen LogP contribution in [0.1, 0.15) is 37.4 Å². The van der Waals surface area contributed by atoms with Gasteiger partial charge in [-0.1, -0.05) is 0 Å². The summed E-state index contributed by atoms with van der Waals surface area (Å²) in [7, 11) is 0. The quantitative estimate of drug-likeness (QED) is 0.719. The molecule has 2 N–H and O–H groups in total. The van der Waals surface area contributed by atoms with Crippen molar-refractivity contribution in [1.29, 1.82) is 0 Å². The highest BCUT2D eigenvalue weighted by molar-refractivity contribution is 5.83. The Balaban J connectivity index is 1.50. The number of hydrogen-bond donors (Lipinski definition) is 2. The molecule has 1 fully saturated rings. The van der Waals surface area contributed by atoms with Crippen molar-refractivity contribution in [3.8, 4) is 11.3 Å². The molecule has 3 aromatic rings. The summed E-state index contributed by atoms with van der Waals surface area (Å²) >= 11 is 0. The third-order valence-electron chi connectivity index (χ3n) is 6.35. The molecule has 2 amide bonds. The molecule has 3 aromatic heterocycles. The number of aromatic nitrogens is 4. The van der Waals surface area contributed by atoms with E-state index in [1.807, 2.05) is 24.2 Å². The molecule has 2 aliphatic rings. The fraction of sp³-hybridized carbons (Fsp3) is 0.476. The van der Waals surface area contributed by atoms with Crippen LogP contribution in [0.25, 0.3) is 22.3 Å². The lowest BCUT2D eigenvalue weighted by molar-refractivity contribution is 0.203. The van der Waals surface area contributed by atoms with Crippen LogP contribution in [-0.4, -0.2) is 50.3 Å². The molecule has 1 spiro atoms. The molecule has 1 atom stereocenters. The van der Waals surface area contributed by atoms with E-state index >= 15 is 0 Å². The Labute approximate surface area is 164 Å². The zero-order valence-corrected chi connectivity index (χ0v) is 16.5. The number of aryl methyl sites for hydroxylation is 2. The van der Waals surface area contributed by atoms with Gasteiger partial charge in [0.25, 0.3) is 0 Å². The predicted octanol–water partition coefficient (Wildman–Crippen LogP) is 3.20. The first-order valence-corrected chi connectivity index (χ1v) is 10.1. The van der Waals surface area contributed by atoms with Crippen LogP contribution in [0.3, 0.4) is 0 Å². The Morgan fingerprint density at radius 2 is 2.21 bits per heavy atom.